The molecule has 2 N–H and O–H groups in total. The van der Waals surface area contributed by atoms with Gasteiger partial charge in [0.15, 0.2) is 17.7 Å². The van der Waals surface area contributed by atoms with Crippen LogP contribution in [0.15, 0.2) is 36.5 Å². The fraction of sp³-hybridized carbons (Fsp3) is 0.520. The normalized spacial score (nSPS) is 13.0. The number of benzene rings is 1. The van der Waals surface area contributed by atoms with Gasteiger partial charge in [0, 0.05) is 11.8 Å². The number of hydrogen-bond acceptors (Lipinski definition) is 4. The maximum absolute atomic E-state index is 12.8. The van der Waals surface area contributed by atoms with E-state index in [-0.39, 0.29) is 28.3 Å². The number of carbonyl (C=O) groups excluding carboxylic acids is 1. The highest BCUT2D eigenvalue weighted by Crippen LogP contribution is 2.39. The summed E-state index contributed by atoms with van der Waals surface area (Å²) in [7, 11) is 0. The van der Waals surface area contributed by atoms with Crippen molar-refractivity contribution in [1.82, 2.24) is 4.98 Å². The lowest BCUT2D eigenvalue weighted by Crippen LogP contribution is -2.33. The molecule has 1 atom stereocenters. The quantitative estimate of drug-likeness (QED) is 0.533. The molecule has 0 saturated heterocycles. The Kier molecular flexibility index (Phi) is 7.51. The zero-order valence-corrected chi connectivity index (χ0v) is 19.4. The fourth-order valence-electron chi connectivity index (χ4n) is 3.14. The monoisotopic (exact) mass is 412 g/mol. The largest absolute Gasteiger partial charge is 0.504 e. The fourth-order valence-corrected chi connectivity index (χ4v) is 3.14. The number of nitrogens with one attached hydrogen (secondary N) is 1. The molecule has 0 aliphatic carbocycles. The van der Waals surface area contributed by atoms with Gasteiger partial charge in [0.25, 0.3) is 5.91 Å². The number of pyridine rings is 1. The molecule has 0 aliphatic heterocycles. The van der Waals surface area contributed by atoms with Gasteiger partial charge in [-0.3, -0.25) is 4.79 Å². The molecule has 0 bridgehead atoms. The van der Waals surface area contributed by atoms with Gasteiger partial charge in [0.05, 0.1) is 0 Å². The van der Waals surface area contributed by atoms with Crippen LogP contribution in [0.1, 0.15) is 78.9 Å². The van der Waals surface area contributed by atoms with E-state index in [1.807, 2.05) is 13.0 Å². The number of amides is 1. The van der Waals surface area contributed by atoms with Gasteiger partial charge < -0.3 is 15.2 Å². The van der Waals surface area contributed by atoms with Gasteiger partial charge in [-0.2, -0.15) is 0 Å². The Morgan fingerprint density at radius 3 is 2.33 bits per heavy atom. The smallest absolute Gasteiger partial charge is 0.266 e. The summed E-state index contributed by atoms with van der Waals surface area (Å²) in [5.74, 6) is 0.466. The first kappa shape index (κ1) is 23.7. The van der Waals surface area contributed by atoms with Crippen LogP contribution in [-0.2, 0) is 15.6 Å². The van der Waals surface area contributed by atoms with Gasteiger partial charge in [-0.25, -0.2) is 4.98 Å². The van der Waals surface area contributed by atoms with Crippen molar-refractivity contribution < 1.29 is 14.6 Å². The lowest BCUT2D eigenvalue weighted by Gasteiger charge is -2.31. The molecule has 0 spiro atoms. The molecule has 0 radical (unpaired) electrons. The Hall–Kier alpha value is -2.56. The summed E-state index contributed by atoms with van der Waals surface area (Å²) in [6.07, 6.45) is 3.31. The molecule has 1 aromatic carbocycles. The molecule has 164 valence electrons. The highest BCUT2D eigenvalue weighted by molar-refractivity contribution is 5.94. The van der Waals surface area contributed by atoms with Crippen LogP contribution in [0.3, 0.4) is 0 Å². The van der Waals surface area contributed by atoms with Crippen LogP contribution in [0.25, 0.3) is 0 Å². The summed E-state index contributed by atoms with van der Waals surface area (Å²) in [6.45, 7) is 15.1. The summed E-state index contributed by atoms with van der Waals surface area (Å²) < 4.78 is 6.24. The average Bonchev–Trinajstić information content (AvgIpc) is 2.73. The molecule has 1 amide bonds. The highest BCUT2D eigenvalue weighted by atomic mass is 16.5. The standard InChI is InChI=1S/C25H36N2O3/c1-8-20(23(29)27-22-19(28)12-11-15-26-22)30-21-14-13-17(24(4,5)9-2)16-18(21)25(6,7)10-3/h11-16,20,28H,8-10H2,1-7H3,(H,26,27,29). The number of anilines is 1. The lowest BCUT2D eigenvalue weighted by atomic mass is 9.76. The number of hydrogen-bond donors (Lipinski definition) is 2. The Labute approximate surface area is 180 Å². The van der Waals surface area contributed by atoms with Gasteiger partial charge >= 0.3 is 0 Å². The number of rotatable bonds is 9. The van der Waals surface area contributed by atoms with Crippen molar-refractivity contribution in [2.24, 2.45) is 0 Å². The molecule has 0 fully saturated rings. The summed E-state index contributed by atoms with van der Waals surface area (Å²) in [5.41, 5.74) is 2.35. The molecular formula is C25H36N2O3. The second kappa shape index (κ2) is 9.50. The summed E-state index contributed by atoms with van der Waals surface area (Å²) >= 11 is 0. The van der Waals surface area contributed by atoms with E-state index >= 15 is 0 Å². The first-order valence-electron chi connectivity index (χ1n) is 10.8. The van der Waals surface area contributed by atoms with Crippen molar-refractivity contribution >= 4 is 11.7 Å². The summed E-state index contributed by atoms with van der Waals surface area (Å²) in [6, 6.07) is 9.42. The van der Waals surface area contributed by atoms with Crippen molar-refractivity contribution in [2.75, 3.05) is 5.32 Å². The second-order valence-electron chi connectivity index (χ2n) is 9.06. The van der Waals surface area contributed by atoms with E-state index in [1.54, 1.807) is 6.07 Å². The average molecular weight is 413 g/mol. The third-order valence-corrected chi connectivity index (χ3v) is 6.22. The summed E-state index contributed by atoms with van der Waals surface area (Å²) in [4.78, 5) is 16.8. The van der Waals surface area contributed by atoms with E-state index < -0.39 is 6.10 Å². The molecule has 1 aromatic heterocycles. The molecule has 1 unspecified atom stereocenters. The molecule has 30 heavy (non-hydrogen) atoms. The number of carbonyl (C=O) groups is 1. The van der Waals surface area contributed by atoms with Crippen LogP contribution in [0.2, 0.25) is 0 Å². The Balaban J connectivity index is 2.36. The van der Waals surface area contributed by atoms with E-state index in [4.69, 9.17) is 4.74 Å². The van der Waals surface area contributed by atoms with E-state index in [2.05, 4.69) is 64.0 Å². The summed E-state index contributed by atoms with van der Waals surface area (Å²) in [5, 5.41) is 12.6. The van der Waals surface area contributed by atoms with Crippen molar-refractivity contribution in [3.05, 3.63) is 47.7 Å². The van der Waals surface area contributed by atoms with Crippen LogP contribution in [-0.4, -0.2) is 22.1 Å². The minimum absolute atomic E-state index is 0.0646. The second-order valence-corrected chi connectivity index (χ2v) is 9.06. The Bertz CT molecular complexity index is 874. The molecule has 1 heterocycles. The molecule has 0 aliphatic rings. The predicted molar refractivity (Wildman–Crippen MR) is 122 cm³/mol. The van der Waals surface area contributed by atoms with Crippen molar-refractivity contribution in [1.29, 1.82) is 0 Å². The minimum Gasteiger partial charge on any atom is -0.504 e. The number of nitrogens with zero attached hydrogens (tertiary/aromatic N) is 1. The number of aromatic nitrogens is 1. The van der Waals surface area contributed by atoms with Gasteiger partial charge in [0.2, 0.25) is 0 Å². The van der Waals surface area contributed by atoms with E-state index in [0.29, 0.717) is 6.42 Å². The first-order chi connectivity index (χ1) is 14.1. The van der Waals surface area contributed by atoms with Crippen LogP contribution in [0.5, 0.6) is 11.5 Å². The van der Waals surface area contributed by atoms with E-state index in [0.717, 1.165) is 24.2 Å². The van der Waals surface area contributed by atoms with Crippen molar-refractivity contribution in [3.63, 3.8) is 0 Å². The van der Waals surface area contributed by atoms with Crippen molar-refractivity contribution in [3.8, 4) is 11.5 Å². The Morgan fingerprint density at radius 2 is 1.77 bits per heavy atom. The van der Waals surface area contributed by atoms with Gasteiger partial charge in [-0.15, -0.1) is 0 Å². The highest BCUT2D eigenvalue weighted by Gasteiger charge is 2.29. The maximum Gasteiger partial charge on any atom is 0.266 e. The van der Waals surface area contributed by atoms with Crippen LogP contribution < -0.4 is 10.1 Å². The third kappa shape index (κ3) is 5.32. The molecule has 2 rings (SSSR count). The van der Waals surface area contributed by atoms with Crippen LogP contribution in [0.4, 0.5) is 5.82 Å². The van der Waals surface area contributed by atoms with E-state index in [9.17, 15) is 9.90 Å². The molecule has 0 saturated carbocycles. The van der Waals surface area contributed by atoms with Gasteiger partial charge in [0.1, 0.15) is 5.75 Å². The maximum atomic E-state index is 12.8. The minimum atomic E-state index is -0.692. The van der Waals surface area contributed by atoms with E-state index in [1.165, 1.54) is 17.8 Å². The van der Waals surface area contributed by atoms with Crippen molar-refractivity contribution in [2.45, 2.75) is 84.7 Å². The third-order valence-electron chi connectivity index (χ3n) is 6.22. The SMILES string of the molecule is CCC(Oc1ccc(C(C)(C)CC)cc1C(C)(C)CC)C(=O)Nc1ncccc1O. The molecule has 2 aromatic rings. The molecular weight excluding hydrogens is 376 g/mol. The number of ether oxygens (including phenoxy) is 1. The first-order valence-corrected chi connectivity index (χ1v) is 10.8. The van der Waals surface area contributed by atoms with Gasteiger partial charge in [-0.1, -0.05) is 60.6 Å². The Morgan fingerprint density at radius 1 is 1.10 bits per heavy atom. The zero-order chi connectivity index (χ0) is 22.5. The zero-order valence-electron chi connectivity index (χ0n) is 19.4. The molecule has 5 nitrogen and oxygen atoms in total. The van der Waals surface area contributed by atoms with Gasteiger partial charge in [-0.05, 0) is 53.9 Å². The van der Waals surface area contributed by atoms with Crippen LogP contribution >= 0.6 is 0 Å². The topological polar surface area (TPSA) is 71.5 Å². The van der Waals surface area contributed by atoms with Crippen LogP contribution in [0, 0.1) is 0 Å². The lowest BCUT2D eigenvalue weighted by molar-refractivity contribution is -0.122. The predicted octanol–water partition coefficient (Wildman–Crippen LogP) is 5.96. The number of aromatic hydroxyl groups is 1. The molecule has 5 heteroatoms.